The van der Waals surface area contributed by atoms with Crippen molar-refractivity contribution in [2.45, 2.75) is 28.9 Å². The SMILES string of the molecule is COc1ccc(C2c3sc(=O)n(CC(=O)Nc4cccc(C(F)(F)F)c4)c3SC3C(=O)N(c4ccc(Cl)cc4)C(=O)C32)cc1. The Morgan fingerprint density at radius 2 is 1.70 bits per heavy atom. The van der Waals surface area contributed by atoms with Gasteiger partial charge in [-0.25, -0.2) is 4.90 Å². The van der Waals surface area contributed by atoms with Crippen LogP contribution in [-0.2, 0) is 27.1 Å². The van der Waals surface area contributed by atoms with Crippen molar-refractivity contribution in [2.24, 2.45) is 5.92 Å². The molecule has 0 aliphatic carbocycles. The zero-order valence-electron chi connectivity index (χ0n) is 22.6. The number of thioether (sulfide) groups is 1. The summed E-state index contributed by atoms with van der Waals surface area (Å²) in [4.78, 5) is 55.1. The lowest BCUT2D eigenvalue weighted by atomic mass is 9.83. The molecule has 3 unspecified atom stereocenters. The molecule has 1 N–H and O–H groups in total. The second-order valence-electron chi connectivity index (χ2n) is 10.1. The molecule has 0 saturated carbocycles. The maximum Gasteiger partial charge on any atom is 0.416 e. The largest absolute Gasteiger partial charge is 0.497 e. The Kier molecular flexibility index (Phi) is 7.80. The minimum Gasteiger partial charge on any atom is -0.497 e. The van der Waals surface area contributed by atoms with E-state index in [1.165, 1.54) is 23.8 Å². The van der Waals surface area contributed by atoms with Crippen LogP contribution in [0.15, 0.2) is 82.6 Å². The molecule has 0 spiro atoms. The van der Waals surface area contributed by atoms with Gasteiger partial charge in [0.2, 0.25) is 17.7 Å². The van der Waals surface area contributed by atoms with Crippen molar-refractivity contribution in [3.8, 4) is 5.75 Å². The van der Waals surface area contributed by atoms with Crippen LogP contribution >= 0.6 is 34.7 Å². The fourth-order valence-corrected chi connectivity index (χ4v) is 8.29. The van der Waals surface area contributed by atoms with Crippen LogP contribution in [0.3, 0.4) is 0 Å². The number of ether oxygens (including phenoxy) is 1. The van der Waals surface area contributed by atoms with Gasteiger partial charge in [0, 0.05) is 21.5 Å². The molecule has 0 radical (unpaired) electrons. The molecule has 3 heterocycles. The molecular formula is C30H21ClF3N3O5S2. The number of anilines is 2. The Labute approximate surface area is 261 Å². The maximum atomic E-state index is 13.9. The second-order valence-corrected chi connectivity index (χ2v) is 12.6. The van der Waals surface area contributed by atoms with Gasteiger partial charge in [-0.2, -0.15) is 13.2 Å². The number of hydrogen-bond donors (Lipinski definition) is 1. The van der Waals surface area contributed by atoms with E-state index in [-0.39, 0.29) is 5.69 Å². The van der Waals surface area contributed by atoms with Crippen LogP contribution in [0.1, 0.15) is 21.9 Å². The minimum atomic E-state index is -4.60. The van der Waals surface area contributed by atoms with Crippen molar-refractivity contribution in [1.29, 1.82) is 0 Å². The number of hydrogen-bond acceptors (Lipinski definition) is 7. The third-order valence-electron chi connectivity index (χ3n) is 7.38. The summed E-state index contributed by atoms with van der Waals surface area (Å²) in [7, 11) is 1.51. The summed E-state index contributed by atoms with van der Waals surface area (Å²) in [6.45, 7) is -0.510. The Morgan fingerprint density at radius 3 is 2.36 bits per heavy atom. The van der Waals surface area contributed by atoms with E-state index < -0.39 is 58.0 Å². The van der Waals surface area contributed by atoms with E-state index in [1.807, 2.05) is 0 Å². The average molecular weight is 660 g/mol. The molecule has 0 bridgehead atoms. The zero-order valence-corrected chi connectivity index (χ0v) is 25.0. The lowest BCUT2D eigenvalue weighted by Gasteiger charge is -2.30. The molecule has 44 heavy (non-hydrogen) atoms. The third kappa shape index (κ3) is 5.39. The molecule has 3 amide bonds. The number of rotatable bonds is 6. The van der Waals surface area contributed by atoms with E-state index in [2.05, 4.69) is 5.32 Å². The molecule has 1 saturated heterocycles. The highest BCUT2D eigenvalue weighted by Crippen LogP contribution is 2.54. The van der Waals surface area contributed by atoms with E-state index in [4.69, 9.17) is 16.3 Å². The number of halogens is 4. The summed E-state index contributed by atoms with van der Waals surface area (Å²) < 4.78 is 46.0. The maximum absolute atomic E-state index is 13.9. The molecule has 2 aliphatic heterocycles. The van der Waals surface area contributed by atoms with Gasteiger partial charge >= 0.3 is 11.0 Å². The highest BCUT2D eigenvalue weighted by Gasteiger charge is 2.56. The van der Waals surface area contributed by atoms with Gasteiger partial charge in [0.15, 0.2) is 0 Å². The molecule has 226 valence electrons. The Bertz CT molecular complexity index is 1840. The van der Waals surface area contributed by atoms with Crippen LogP contribution in [0.4, 0.5) is 24.5 Å². The van der Waals surface area contributed by atoms with Gasteiger partial charge in [0.05, 0.1) is 29.3 Å². The first kappa shape index (κ1) is 30.0. The van der Waals surface area contributed by atoms with Crippen molar-refractivity contribution in [3.63, 3.8) is 0 Å². The van der Waals surface area contributed by atoms with Gasteiger partial charge in [-0.15, -0.1) is 0 Å². The number of carbonyl (C=O) groups is 3. The summed E-state index contributed by atoms with van der Waals surface area (Å²) in [6.07, 6.45) is -4.60. The first-order valence-electron chi connectivity index (χ1n) is 13.1. The predicted molar refractivity (Wildman–Crippen MR) is 161 cm³/mol. The molecule has 1 fully saturated rings. The molecule has 8 nitrogen and oxygen atoms in total. The summed E-state index contributed by atoms with van der Waals surface area (Å²) in [6, 6.07) is 17.4. The molecule has 3 aromatic carbocycles. The number of carbonyl (C=O) groups excluding carboxylic acids is 3. The van der Waals surface area contributed by atoms with Crippen LogP contribution in [0.5, 0.6) is 5.75 Å². The summed E-state index contributed by atoms with van der Waals surface area (Å²) >= 11 is 7.92. The quantitative estimate of drug-likeness (QED) is 0.254. The Morgan fingerprint density at radius 1 is 1.00 bits per heavy atom. The highest BCUT2D eigenvalue weighted by molar-refractivity contribution is 8.00. The van der Waals surface area contributed by atoms with E-state index in [0.717, 1.165) is 40.1 Å². The molecule has 4 aromatic rings. The molecule has 3 atom stereocenters. The fraction of sp³-hybridized carbons (Fsp3) is 0.200. The van der Waals surface area contributed by atoms with Gasteiger partial charge in [-0.1, -0.05) is 52.9 Å². The summed E-state index contributed by atoms with van der Waals surface area (Å²) in [5, 5.41) is 2.29. The number of alkyl halides is 3. The highest BCUT2D eigenvalue weighted by atomic mass is 35.5. The third-order valence-corrected chi connectivity index (χ3v) is 10.2. The zero-order chi connectivity index (χ0) is 31.3. The van der Waals surface area contributed by atoms with Crippen LogP contribution in [-0.4, -0.2) is 34.6 Å². The number of fused-ring (bicyclic) bond motifs is 2. The van der Waals surface area contributed by atoms with E-state index in [0.29, 0.717) is 31.9 Å². The second kappa shape index (κ2) is 11.5. The van der Waals surface area contributed by atoms with Crippen molar-refractivity contribution in [3.05, 3.63) is 103 Å². The molecule has 14 heteroatoms. The summed E-state index contributed by atoms with van der Waals surface area (Å²) in [5.74, 6) is -2.61. The number of amides is 3. The van der Waals surface area contributed by atoms with Crippen molar-refractivity contribution in [2.75, 3.05) is 17.3 Å². The van der Waals surface area contributed by atoms with Crippen molar-refractivity contribution in [1.82, 2.24) is 4.57 Å². The molecule has 6 rings (SSSR count). The van der Waals surface area contributed by atoms with Crippen LogP contribution < -0.4 is 19.8 Å². The van der Waals surface area contributed by atoms with E-state index in [9.17, 15) is 32.3 Å². The number of nitrogens with zero attached hydrogens (tertiary/aromatic N) is 2. The van der Waals surface area contributed by atoms with Gasteiger partial charge in [0.1, 0.15) is 17.5 Å². The smallest absolute Gasteiger partial charge is 0.416 e. The van der Waals surface area contributed by atoms with Crippen LogP contribution in [0.2, 0.25) is 5.02 Å². The van der Waals surface area contributed by atoms with Crippen molar-refractivity contribution < 1.29 is 32.3 Å². The monoisotopic (exact) mass is 659 g/mol. The number of nitrogens with one attached hydrogen (secondary N) is 1. The predicted octanol–water partition coefficient (Wildman–Crippen LogP) is 6.03. The Hall–Kier alpha value is -4.07. The lowest BCUT2D eigenvalue weighted by molar-refractivity contribution is -0.137. The normalized spacial score (nSPS) is 19.5. The van der Waals surface area contributed by atoms with Gasteiger partial charge in [-0.05, 0) is 60.2 Å². The van der Waals surface area contributed by atoms with Crippen LogP contribution in [0.25, 0.3) is 0 Å². The van der Waals surface area contributed by atoms with E-state index in [1.54, 1.807) is 48.5 Å². The first-order valence-corrected chi connectivity index (χ1v) is 15.2. The van der Waals surface area contributed by atoms with Gasteiger partial charge < -0.3 is 10.1 Å². The van der Waals surface area contributed by atoms with Gasteiger partial charge in [0.25, 0.3) is 0 Å². The van der Waals surface area contributed by atoms with E-state index >= 15 is 0 Å². The minimum absolute atomic E-state index is 0.0824. The van der Waals surface area contributed by atoms with Crippen LogP contribution in [0, 0.1) is 5.92 Å². The number of aromatic nitrogens is 1. The molecule has 1 aromatic heterocycles. The average Bonchev–Trinajstić information content (AvgIpc) is 3.43. The molecule has 2 aliphatic rings. The number of imide groups is 1. The fourth-order valence-electron chi connectivity index (χ4n) is 5.39. The summed E-state index contributed by atoms with van der Waals surface area (Å²) in [5.41, 5.74) is 0.0114. The first-order chi connectivity index (χ1) is 21.0. The number of methoxy groups -OCH3 is 1. The van der Waals surface area contributed by atoms with Crippen molar-refractivity contribution >= 4 is 63.8 Å². The standard InChI is InChI=1S/C30H21ClF3N3O5S2/c1-42-20-11-5-15(6-12-20)22-23-24(27(40)37(26(23)39)19-9-7-17(31)8-10-19)43-28-25(22)44-29(41)36(28)14-21(38)35-18-4-2-3-16(13-18)30(32,33)34/h2-13,22-24H,14H2,1H3,(H,35,38). The number of thiazole rings is 1. The Balaban J connectivity index is 1.38. The molecular weight excluding hydrogens is 639 g/mol. The number of benzene rings is 3. The topological polar surface area (TPSA) is 97.7 Å². The van der Waals surface area contributed by atoms with Gasteiger partial charge in [-0.3, -0.25) is 23.7 Å². The lowest BCUT2D eigenvalue weighted by Crippen LogP contribution is -2.33.